The van der Waals surface area contributed by atoms with Gasteiger partial charge >= 0.3 is 12.3 Å². The lowest BCUT2D eigenvalue weighted by Crippen LogP contribution is -2.33. The minimum Gasteiger partial charge on any atom is -0.444 e. The van der Waals surface area contributed by atoms with E-state index in [1.807, 2.05) is 0 Å². The van der Waals surface area contributed by atoms with Gasteiger partial charge in [-0.05, 0) is 51.3 Å². The van der Waals surface area contributed by atoms with Crippen molar-refractivity contribution in [3.05, 3.63) is 29.8 Å². The van der Waals surface area contributed by atoms with Crippen LogP contribution in [0.3, 0.4) is 0 Å². The van der Waals surface area contributed by atoms with E-state index in [1.165, 1.54) is 0 Å². The van der Waals surface area contributed by atoms with Crippen LogP contribution in [0.5, 0.6) is 0 Å². The van der Waals surface area contributed by atoms with Crippen molar-refractivity contribution in [2.75, 3.05) is 11.9 Å². The Labute approximate surface area is 158 Å². The maximum absolute atomic E-state index is 12.0. The first-order valence-electron chi connectivity index (χ1n) is 8.83. The lowest BCUT2D eigenvalue weighted by Gasteiger charge is -2.19. The van der Waals surface area contributed by atoms with Gasteiger partial charge in [0.05, 0.1) is 0 Å². The Morgan fingerprint density at radius 1 is 1.04 bits per heavy atom. The van der Waals surface area contributed by atoms with Crippen LogP contribution in [0, 0.1) is 0 Å². The van der Waals surface area contributed by atoms with Crippen LogP contribution in [-0.2, 0) is 20.9 Å². The number of hydrogen-bond acceptors (Lipinski definition) is 5. The van der Waals surface area contributed by atoms with Crippen molar-refractivity contribution >= 4 is 23.9 Å². The first kappa shape index (κ1) is 22.4. The molecule has 0 saturated carbocycles. The molecule has 0 heterocycles. The third-order valence-corrected chi connectivity index (χ3v) is 3.34. The molecule has 27 heavy (non-hydrogen) atoms. The van der Waals surface area contributed by atoms with Crippen LogP contribution in [0.2, 0.25) is 0 Å². The molecule has 0 aliphatic carbocycles. The number of amides is 2. The van der Waals surface area contributed by atoms with Crippen molar-refractivity contribution in [2.24, 2.45) is 0 Å². The summed E-state index contributed by atoms with van der Waals surface area (Å²) in [6.45, 7) is 5.76. The maximum Gasteiger partial charge on any atom is 0.495 e. The number of anilines is 1. The number of benzene rings is 1. The first-order chi connectivity index (χ1) is 12.7. The van der Waals surface area contributed by atoms with Crippen LogP contribution in [0.1, 0.15) is 52.0 Å². The Bertz CT molecular complexity index is 626. The number of carbonyl (C=O) groups is 3. The minimum absolute atomic E-state index is 0.113. The summed E-state index contributed by atoms with van der Waals surface area (Å²) in [7, 11) is 0. The second-order valence-corrected chi connectivity index (χ2v) is 7.01. The number of carbonyl (C=O) groups excluding carboxylic acids is 3. The zero-order chi connectivity index (χ0) is 20.3. The van der Waals surface area contributed by atoms with Crippen molar-refractivity contribution in [3.63, 3.8) is 0 Å². The lowest BCUT2D eigenvalue weighted by atomic mass is 10.1. The Morgan fingerprint density at radius 3 is 2.30 bits per heavy atom. The van der Waals surface area contributed by atoms with Crippen molar-refractivity contribution < 1.29 is 28.2 Å². The predicted molar refractivity (Wildman–Crippen MR) is 99.1 cm³/mol. The fraction of sp³-hybridized carbons (Fsp3) is 0.526. The molecule has 0 spiro atoms. The largest absolute Gasteiger partial charge is 0.495 e. The molecule has 0 bridgehead atoms. The van der Waals surface area contributed by atoms with Crippen molar-refractivity contribution in [1.82, 2.24) is 5.32 Å². The summed E-state index contributed by atoms with van der Waals surface area (Å²) in [5.41, 5.74) is 0.719. The third-order valence-electron chi connectivity index (χ3n) is 3.34. The molecule has 0 radical (unpaired) electrons. The lowest BCUT2D eigenvalue weighted by molar-refractivity contribution is -0.116. The molecule has 7 nitrogen and oxygen atoms in total. The average Bonchev–Trinajstić information content (AvgIpc) is 2.55. The highest BCUT2D eigenvalue weighted by atomic mass is 19.1. The molecule has 1 rings (SSSR count). The fourth-order valence-electron chi connectivity index (χ4n) is 2.14. The third kappa shape index (κ3) is 11.6. The predicted octanol–water partition coefficient (Wildman–Crippen LogP) is 4.32. The monoisotopic (exact) mass is 382 g/mol. The van der Waals surface area contributed by atoms with E-state index in [2.05, 4.69) is 15.4 Å². The number of ether oxygens (including phenoxy) is 2. The van der Waals surface area contributed by atoms with Gasteiger partial charge in [-0.15, -0.1) is 4.39 Å². The number of rotatable bonds is 9. The van der Waals surface area contributed by atoms with Crippen LogP contribution >= 0.6 is 0 Å². The SMILES string of the molecule is CC(C)(C)OC(=O)NCCCCCC(=O)Nc1ccc(COC(=O)F)cc1. The highest BCUT2D eigenvalue weighted by molar-refractivity contribution is 5.90. The van der Waals surface area contributed by atoms with Crippen molar-refractivity contribution in [2.45, 2.75) is 58.7 Å². The summed E-state index contributed by atoms with van der Waals surface area (Å²) in [6.07, 6.45) is 0.365. The van der Waals surface area contributed by atoms with Crippen LogP contribution < -0.4 is 10.6 Å². The van der Waals surface area contributed by atoms with Gasteiger partial charge in [-0.25, -0.2) is 9.59 Å². The molecule has 2 amide bonds. The van der Waals surface area contributed by atoms with Crippen LogP contribution in [0.25, 0.3) is 0 Å². The van der Waals surface area contributed by atoms with Crippen LogP contribution in [-0.4, -0.2) is 30.4 Å². The Balaban J connectivity index is 2.15. The van der Waals surface area contributed by atoms with Gasteiger partial charge in [0, 0.05) is 18.7 Å². The summed E-state index contributed by atoms with van der Waals surface area (Å²) in [5.74, 6) is -0.113. The number of unbranched alkanes of at least 4 members (excludes halogenated alkanes) is 2. The average molecular weight is 382 g/mol. The van der Waals surface area contributed by atoms with Gasteiger partial charge in [0.2, 0.25) is 5.91 Å². The topological polar surface area (TPSA) is 93.7 Å². The quantitative estimate of drug-likeness (QED) is 0.490. The molecule has 150 valence electrons. The number of halogens is 1. The van der Waals surface area contributed by atoms with E-state index in [0.717, 1.165) is 12.8 Å². The summed E-state index contributed by atoms with van der Waals surface area (Å²) < 4.78 is 21.4. The van der Waals surface area contributed by atoms with Gasteiger partial charge < -0.3 is 20.1 Å². The highest BCUT2D eigenvalue weighted by Gasteiger charge is 2.15. The van der Waals surface area contributed by atoms with Crippen LogP contribution in [0.15, 0.2) is 24.3 Å². The standard InChI is InChI=1S/C19H27FN2O5/c1-19(2,3)27-18(25)21-12-6-4-5-7-16(23)22-15-10-8-14(9-11-15)13-26-17(20)24/h8-11H,4-7,12-13H2,1-3H3,(H,21,25)(H,22,23). The summed E-state index contributed by atoms with van der Waals surface area (Å²) in [4.78, 5) is 33.5. The summed E-state index contributed by atoms with van der Waals surface area (Å²) >= 11 is 0. The molecule has 2 N–H and O–H groups in total. The summed E-state index contributed by atoms with van der Waals surface area (Å²) in [6, 6.07) is 6.59. The van der Waals surface area contributed by atoms with E-state index in [4.69, 9.17) is 4.74 Å². The zero-order valence-corrected chi connectivity index (χ0v) is 16.0. The second kappa shape index (κ2) is 11.2. The van der Waals surface area contributed by atoms with E-state index < -0.39 is 17.9 Å². The Hall–Kier alpha value is -2.64. The van der Waals surface area contributed by atoms with Gasteiger partial charge in [-0.1, -0.05) is 18.6 Å². The molecule has 0 aliphatic heterocycles. The Kier molecular flexibility index (Phi) is 9.25. The van der Waals surface area contributed by atoms with Crippen LogP contribution in [0.4, 0.5) is 19.7 Å². The zero-order valence-electron chi connectivity index (χ0n) is 16.0. The molecule has 0 aromatic heterocycles. The molecule has 1 aromatic carbocycles. The second-order valence-electron chi connectivity index (χ2n) is 7.01. The van der Waals surface area contributed by atoms with Gasteiger partial charge in [0.1, 0.15) is 12.2 Å². The van der Waals surface area contributed by atoms with Crippen molar-refractivity contribution in [1.29, 1.82) is 0 Å². The molecule has 0 aliphatic rings. The van der Waals surface area contributed by atoms with Gasteiger partial charge in [-0.3, -0.25) is 4.79 Å². The highest BCUT2D eigenvalue weighted by Crippen LogP contribution is 2.12. The molecule has 1 aromatic rings. The Morgan fingerprint density at radius 2 is 1.70 bits per heavy atom. The molecule has 0 fully saturated rings. The van der Waals surface area contributed by atoms with E-state index in [9.17, 15) is 18.8 Å². The van der Waals surface area contributed by atoms with Crippen molar-refractivity contribution in [3.8, 4) is 0 Å². The first-order valence-corrected chi connectivity index (χ1v) is 8.83. The van der Waals surface area contributed by atoms with E-state index in [0.29, 0.717) is 30.6 Å². The van der Waals surface area contributed by atoms with E-state index in [1.54, 1.807) is 45.0 Å². The van der Waals surface area contributed by atoms with Gasteiger partial charge in [-0.2, -0.15) is 0 Å². The molecule has 0 saturated heterocycles. The fourth-order valence-corrected chi connectivity index (χ4v) is 2.14. The number of hydrogen-bond donors (Lipinski definition) is 2. The van der Waals surface area contributed by atoms with Gasteiger partial charge in [0.15, 0.2) is 0 Å². The molecule has 0 atom stereocenters. The number of alkyl carbamates (subject to hydrolysis) is 1. The van der Waals surface area contributed by atoms with E-state index >= 15 is 0 Å². The normalized spacial score (nSPS) is 10.8. The maximum atomic E-state index is 12.0. The molecular formula is C19H27FN2O5. The minimum atomic E-state index is -1.83. The van der Waals surface area contributed by atoms with E-state index in [-0.39, 0.29) is 12.5 Å². The summed E-state index contributed by atoms with van der Waals surface area (Å²) in [5, 5.41) is 5.43. The molecular weight excluding hydrogens is 355 g/mol. The van der Waals surface area contributed by atoms with Gasteiger partial charge in [0.25, 0.3) is 0 Å². The number of nitrogens with one attached hydrogen (secondary N) is 2. The molecule has 0 unspecified atom stereocenters. The smallest absolute Gasteiger partial charge is 0.444 e. The molecule has 8 heteroatoms.